The first-order chi connectivity index (χ1) is 9.36. The van der Waals surface area contributed by atoms with Gasteiger partial charge in [-0.3, -0.25) is 4.79 Å². The highest BCUT2D eigenvalue weighted by Crippen LogP contribution is 2.32. The second-order valence-electron chi connectivity index (χ2n) is 3.90. The molecule has 0 saturated heterocycles. The van der Waals surface area contributed by atoms with E-state index in [4.69, 9.17) is 46.4 Å². The van der Waals surface area contributed by atoms with Gasteiger partial charge < -0.3 is 10.4 Å². The van der Waals surface area contributed by atoms with E-state index in [0.717, 1.165) is 0 Å². The Hall–Kier alpha value is -1.13. The predicted octanol–water partition coefficient (Wildman–Crippen LogP) is 5.26. The average molecular weight is 351 g/mol. The van der Waals surface area contributed by atoms with Gasteiger partial charge in [-0.25, -0.2) is 0 Å². The largest absolute Gasteiger partial charge is 0.506 e. The number of carbonyl (C=O) groups excluding carboxylic acids is 1. The molecule has 1 amide bonds. The van der Waals surface area contributed by atoms with Crippen LogP contribution in [0.15, 0.2) is 30.3 Å². The lowest BCUT2D eigenvalue weighted by Crippen LogP contribution is -2.12. The van der Waals surface area contributed by atoms with E-state index in [1.165, 1.54) is 30.3 Å². The number of anilines is 1. The molecule has 20 heavy (non-hydrogen) atoms. The highest BCUT2D eigenvalue weighted by Gasteiger charge is 2.15. The summed E-state index contributed by atoms with van der Waals surface area (Å²) in [5, 5.41) is 13.3. The topological polar surface area (TPSA) is 49.3 Å². The molecule has 0 spiro atoms. The fourth-order valence-corrected chi connectivity index (χ4v) is 2.58. The summed E-state index contributed by atoms with van der Waals surface area (Å²) in [6.07, 6.45) is 0. The van der Waals surface area contributed by atoms with Crippen molar-refractivity contribution in [3.8, 4) is 5.75 Å². The fourth-order valence-electron chi connectivity index (χ4n) is 1.56. The number of phenols is 1. The smallest absolute Gasteiger partial charge is 0.259 e. The molecule has 0 aromatic heterocycles. The van der Waals surface area contributed by atoms with Crippen molar-refractivity contribution in [2.24, 2.45) is 0 Å². The average Bonchev–Trinajstić information content (AvgIpc) is 2.32. The zero-order valence-corrected chi connectivity index (χ0v) is 12.8. The number of amides is 1. The van der Waals surface area contributed by atoms with E-state index in [2.05, 4.69) is 5.32 Å². The first kappa shape index (κ1) is 15.3. The first-order valence-electron chi connectivity index (χ1n) is 5.32. The summed E-state index contributed by atoms with van der Waals surface area (Å²) in [6.45, 7) is 0. The Kier molecular flexibility index (Phi) is 4.66. The lowest BCUT2D eigenvalue weighted by atomic mass is 10.2. The van der Waals surface area contributed by atoms with Gasteiger partial charge in [0.1, 0.15) is 5.75 Å². The van der Waals surface area contributed by atoms with Crippen molar-refractivity contribution in [3.05, 3.63) is 56.0 Å². The summed E-state index contributed by atoms with van der Waals surface area (Å²) in [4.78, 5) is 12.1. The Morgan fingerprint density at radius 2 is 1.45 bits per heavy atom. The van der Waals surface area contributed by atoms with E-state index >= 15 is 0 Å². The molecule has 2 N–H and O–H groups in total. The number of aromatic hydroxyl groups is 1. The van der Waals surface area contributed by atoms with Crippen molar-refractivity contribution in [2.45, 2.75) is 0 Å². The van der Waals surface area contributed by atoms with Crippen LogP contribution in [0.25, 0.3) is 0 Å². The summed E-state index contributed by atoms with van der Waals surface area (Å²) in [7, 11) is 0. The van der Waals surface area contributed by atoms with Gasteiger partial charge >= 0.3 is 0 Å². The molecule has 0 fully saturated rings. The molecule has 2 aromatic carbocycles. The Morgan fingerprint density at radius 3 is 2.05 bits per heavy atom. The maximum atomic E-state index is 12.1. The van der Waals surface area contributed by atoms with Crippen molar-refractivity contribution < 1.29 is 9.90 Å². The van der Waals surface area contributed by atoms with Crippen LogP contribution in [-0.4, -0.2) is 11.0 Å². The zero-order valence-electron chi connectivity index (χ0n) is 9.75. The van der Waals surface area contributed by atoms with Gasteiger partial charge in [0, 0.05) is 20.8 Å². The number of nitrogens with one attached hydrogen (secondary N) is 1. The lowest BCUT2D eigenvalue weighted by Gasteiger charge is -2.09. The standard InChI is InChI=1S/C13H7Cl4NO2/c14-6-1-7(15)3-9(2-6)18-13(20)10-4-8(16)5-11(17)12(10)19/h1-5,19H,(H,18,20). The van der Waals surface area contributed by atoms with Crippen LogP contribution >= 0.6 is 46.4 Å². The van der Waals surface area contributed by atoms with Gasteiger partial charge in [0.25, 0.3) is 5.91 Å². The maximum absolute atomic E-state index is 12.1. The lowest BCUT2D eigenvalue weighted by molar-refractivity contribution is 0.102. The molecule has 0 heterocycles. The second kappa shape index (κ2) is 6.10. The number of phenolic OH excluding ortho intramolecular Hbond substituents is 1. The minimum Gasteiger partial charge on any atom is -0.506 e. The third-order valence-electron chi connectivity index (χ3n) is 2.39. The molecule has 0 aliphatic carbocycles. The van der Waals surface area contributed by atoms with Gasteiger partial charge in [0.05, 0.1) is 10.6 Å². The number of benzene rings is 2. The maximum Gasteiger partial charge on any atom is 0.259 e. The third-order valence-corrected chi connectivity index (χ3v) is 3.34. The van der Waals surface area contributed by atoms with Crippen LogP contribution in [0.3, 0.4) is 0 Å². The van der Waals surface area contributed by atoms with Gasteiger partial charge in [-0.05, 0) is 30.3 Å². The van der Waals surface area contributed by atoms with Crippen molar-refractivity contribution in [3.63, 3.8) is 0 Å². The van der Waals surface area contributed by atoms with Crippen LogP contribution < -0.4 is 5.32 Å². The molecule has 3 nitrogen and oxygen atoms in total. The monoisotopic (exact) mass is 349 g/mol. The van der Waals surface area contributed by atoms with Crippen molar-refractivity contribution in [1.82, 2.24) is 0 Å². The van der Waals surface area contributed by atoms with Crippen molar-refractivity contribution >= 4 is 58.0 Å². The minimum absolute atomic E-state index is 0.00761. The van der Waals surface area contributed by atoms with E-state index in [0.29, 0.717) is 15.7 Å². The Morgan fingerprint density at radius 1 is 0.900 bits per heavy atom. The second-order valence-corrected chi connectivity index (χ2v) is 5.61. The van der Waals surface area contributed by atoms with Gasteiger partial charge in [0.2, 0.25) is 0 Å². The molecular formula is C13H7Cl4NO2. The SMILES string of the molecule is O=C(Nc1cc(Cl)cc(Cl)c1)c1cc(Cl)cc(Cl)c1O. The van der Waals surface area contributed by atoms with Gasteiger partial charge in [0.15, 0.2) is 0 Å². The summed E-state index contributed by atoms with van der Waals surface area (Å²) in [5.74, 6) is -0.924. The van der Waals surface area contributed by atoms with Gasteiger partial charge in [-0.2, -0.15) is 0 Å². The summed E-state index contributed by atoms with van der Waals surface area (Å²) < 4.78 is 0. The Labute approximate surface area is 135 Å². The Balaban J connectivity index is 2.33. The normalized spacial score (nSPS) is 10.4. The highest BCUT2D eigenvalue weighted by molar-refractivity contribution is 6.37. The third kappa shape index (κ3) is 3.49. The van der Waals surface area contributed by atoms with Crippen LogP contribution in [0, 0.1) is 0 Å². The molecular weight excluding hydrogens is 344 g/mol. The Bertz CT molecular complexity index is 668. The van der Waals surface area contributed by atoms with Crippen LogP contribution in [0.1, 0.15) is 10.4 Å². The summed E-state index contributed by atoms with van der Waals surface area (Å²) in [5.41, 5.74) is 0.349. The number of hydrogen-bond acceptors (Lipinski definition) is 2. The molecule has 0 saturated carbocycles. The quantitative estimate of drug-likeness (QED) is 0.776. The van der Waals surface area contributed by atoms with Crippen LogP contribution in [0.2, 0.25) is 20.1 Å². The first-order valence-corrected chi connectivity index (χ1v) is 6.83. The fraction of sp³-hybridized carbons (Fsp3) is 0. The van der Waals surface area contributed by atoms with E-state index in [-0.39, 0.29) is 21.4 Å². The van der Waals surface area contributed by atoms with E-state index < -0.39 is 5.91 Å². The summed E-state index contributed by atoms with van der Waals surface area (Å²) >= 11 is 23.2. The van der Waals surface area contributed by atoms with Crippen LogP contribution in [0.5, 0.6) is 5.75 Å². The van der Waals surface area contributed by atoms with Gasteiger partial charge in [-0.15, -0.1) is 0 Å². The number of rotatable bonds is 2. The van der Waals surface area contributed by atoms with Crippen LogP contribution in [0.4, 0.5) is 5.69 Å². The molecule has 0 aliphatic heterocycles. The molecule has 0 unspecified atom stereocenters. The molecule has 7 heteroatoms. The summed E-state index contributed by atoms with van der Waals surface area (Å²) in [6, 6.07) is 7.23. The number of hydrogen-bond donors (Lipinski definition) is 2. The van der Waals surface area contributed by atoms with Crippen molar-refractivity contribution in [1.29, 1.82) is 0 Å². The van der Waals surface area contributed by atoms with E-state index in [9.17, 15) is 9.90 Å². The zero-order chi connectivity index (χ0) is 14.9. The number of halogens is 4. The molecule has 2 rings (SSSR count). The van der Waals surface area contributed by atoms with Crippen molar-refractivity contribution in [2.75, 3.05) is 5.32 Å². The molecule has 0 atom stereocenters. The highest BCUT2D eigenvalue weighted by atomic mass is 35.5. The molecule has 0 aliphatic rings. The molecule has 0 bridgehead atoms. The number of carbonyl (C=O) groups is 1. The molecule has 104 valence electrons. The van der Waals surface area contributed by atoms with Gasteiger partial charge in [-0.1, -0.05) is 46.4 Å². The van der Waals surface area contributed by atoms with E-state index in [1.807, 2.05) is 0 Å². The van der Waals surface area contributed by atoms with E-state index in [1.54, 1.807) is 0 Å². The minimum atomic E-state index is -0.578. The predicted molar refractivity (Wildman–Crippen MR) is 82.5 cm³/mol. The van der Waals surface area contributed by atoms with Crippen LogP contribution in [-0.2, 0) is 0 Å². The molecule has 2 aromatic rings. The molecule has 0 radical (unpaired) electrons.